The van der Waals surface area contributed by atoms with Crippen molar-refractivity contribution in [1.82, 2.24) is 0 Å². The van der Waals surface area contributed by atoms with Crippen LogP contribution in [0.2, 0.25) is 0 Å². The number of fused-ring (bicyclic) bond motifs is 1. The van der Waals surface area contributed by atoms with Gasteiger partial charge in [-0.15, -0.1) is 0 Å². The number of hydrogen-bond donors (Lipinski definition) is 0. The van der Waals surface area contributed by atoms with Crippen LogP contribution in [0.3, 0.4) is 0 Å². The molecule has 0 N–H and O–H groups in total. The number of halogens is 1. The first-order valence-electron chi connectivity index (χ1n) is 9.53. The van der Waals surface area contributed by atoms with E-state index in [0.717, 1.165) is 42.3 Å². The third-order valence-corrected chi connectivity index (χ3v) is 7.86. The van der Waals surface area contributed by atoms with Crippen LogP contribution in [0, 0.1) is 11.3 Å². The molecule has 1 fully saturated rings. The third kappa shape index (κ3) is 3.78. The smallest absolute Gasteiger partial charge is 0.144 e. The van der Waals surface area contributed by atoms with E-state index >= 15 is 0 Å². The highest BCUT2D eigenvalue weighted by Gasteiger charge is 2.50. The van der Waals surface area contributed by atoms with Crippen LogP contribution in [0.25, 0.3) is 0 Å². The molecule has 1 aromatic rings. The van der Waals surface area contributed by atoms with E-state index < -0.39 is 11.4 Å². The Morgan fingerprint density at radius 1 is 1.38 bits per heavy atom. The fraction of sp³-hybridized carbons (Fsp3) is 0.667. The molecule has 0 saturated heterocycles. The van der Waals surface area contributed by atoms with Crippen molar-refractivity contribution in [3.8, 4) is 0 Å². The van der Waals surface area contributed by atoms with Crippen LogP contribution in [0.4, 0.5) is 0 Å². The maximum atomic E-state index is 12.9. The fourth-order valence-corrected chi connectivity index (χ4v) is 5.60. The molecule has 3 rings (SSSR count). The molecule has 1 unspecified atom stereocenters. The Morgan fingerprint density at radius 3 is 2.73 bits per heavy atom. The topological polar surface area (TPSA) is 44.6 Å². The summed E-state index contributed by atoms with van der Waals surface area (Å²) in [4.78, 5) is 0. The fourth-order valence-electron chi connectivity index (χ4n) is 4.51. The van der Waals surface area contributed by atoms with Crippen molar-refractivity contribution in [3.63, 3.8) is 0 Å². The highest BCUT2D eigenvalue weighted by atomic mass is 79.9. The molecule has 2 aliphatic rings. The molecule has 0 radical (unpaired) electrons. The lowest BCUT2D eigenvalue weighted by Gasteiger charge is -2.42. The Bertz CT molecular complexity index is 700. The minimum absolute atomic E-state index is 0.000255. The lowest BCUT2D eigenvalue weighted by Crippen LogP contribution is -2.42. The Morgan fingerprint density at radius 2 is 2.12 bits per heavy atom. The summed E-state index contributed by atoms with van der Waals surface area (Å²) < 4.78 is 24.2. The zero-order chi connectivity index (χ0) is 19.1. The number of methoxy groups -OCH3 is 1. The molecule has 0 aliphatic heterocycles. The van der Waals surface area contributed by atoms with Gasteiger partial charge < -0.3 is 9.29 Å². The standard InChI is InChI=1S/C21H30BrNO2S/c1-6-14-12-21(10-9-18(14)25-5)13-15-7-8-16(22)11-17(15)19(21)23-26(24)20(2,3)4/h7-8,11,14,18H,6,9-10,12-13H2,1-5H3/b23-19-/t14-,18-,21-,26?/m0/s1. The molecule has 0 heterocycles. The van der Waals surface area contributed by atoms with Crippen molar-refractivity contribution in [2.75, 3.05) is 7.11 Å². The zero-order valence-electron chi connectivity index (χ0n) is 16.5. The van der Waals surface area contributed by atoms with Crippen molar-refractivity contribution in [2.45, 2.75) is 70.7 Å². The summed E-state index contributed by atoms with van der Waals surface area (Å²) in [5.74, 6) is 0.528. The van der Waals surface area contributed by atoms with Gasteiger partial charge in [0.2, 0.25) is 0 Å². The van der Waals surface area contributed by atoms with Gasteiger partial charge in [-0.3, -0.25) is 0 Å². The van der Waals surface area contributed by atoms with E-state index in [4.69, 9.17) is 9.13 Å². The van der Waals surface area contributed by atoms with Gasteiger partial charge >= 0.3 is 0 Å². The monoisotopic (exact) mass is 439 g/mol. The van der Waals surface area contributed by atoms with Crippen molar-refractivity contribution >= 4 is 33.0 Å². The predicted molar refractivity (Wildman–Crippen MR) is 113 cm³/mol. The Hall–Kier alpha value is -0.360. The van der Waals surface area contributed by atoms with Gasteiger partial charge in [0.05, 0.1) is 6.10 Å². The van der Waals surface area contributed by atoms with E-state index in [1.807, 2.05) is 27.9 Å². The van der Waals surface area contributed by atoms with Crippen molar-refractivity contribution < 1.29 is 9.29 Å². The van der Waals surface area contributed by atoms with Crippen molar-refractivity contribution in [2.24, 2.45) is 15.7 Å². The van der Waals surface area contributed by atoms with Gasteiger partial charge in [0.25, 0.3) is 0 Å². The van der Waals surface area contributed by atoms with E-state index in [0.29, 0.717) is 12.0 Å². The molecule has 0 aromatic heterocycles. The summed E-state index contributed by atoms with van der Waals surface area (Å²) >= 11 is 2.35. The summed E-state index contributed by atoms with van der Waals surface area (Å²) in [6.45, 7) is 8.23. The molecular weight excluding hydrogens is 410 g/mol. The second-order valence-corrected chi connectivity index (χ2v) is 11.6. The van der Waals surface area contributed by atoms with Gasteiger partial charge in [-0.1, -0.05) is 39.7 Å². The van der Waals surface area contributed by atoms with Crippen LogP contribution in [-0.4, -0.2) is 28.2 Å². The van der Waals surface area contributed by atoms with Crippen LogP contribution in [0.15, 0.2) is 27.1 Å². The molecule has 5 heteroatoms. The summed E-state index contributed by atoms with van der Waals surface area (Å²) in [5.41, 5.74) is 3.58. The summed E-state index contributed by atoms with van der Waals surface area (Å²) in [6.07, 6.45) is 5.60. The summed E-state index contributed by atoms with van der Waals surface area (Å²) in [7, 11) is 1.83. The Balaban J connectivity index is 2.06. The minimum atomic E-state index is -1.25. The first-order valence-corrected chi connectivity index (χ1v) is 11.4. The van der Waals surface area contributed by atoms with Crippen LogP contribution in [0.1, 0.15) is 64.5 Å². The average Bonchev–Trinajstić information content (AvgIpc) is 2.86. The Kier molecular flexibility index (Phi) is 5.94. The van der Waals surface area contributed by atoms with E-state index in [9.17, 15) is 4.55 Å². The molecule has 26 heavy (non-hydrogen) atoms. The first-order chi connectivity index (χ1) is 12.2. The normalized spacial score (nSPS) is 31.4. The quantitative estimate of drug-likeness (QED) is 0.586. The molecule has 1 spiro atoms. The average molecular weight is 440 g/mol. The van der Waals surface area contributed by atoms with Gasteiger partial charge in [0.1, 0.15) is 21.8 Å². The van der Waals surface area contributed by atoms with Gasteiger partial charge in [-0.25, -0.2) is 0 Å². The number of nitrogens with zero attached hydrogens (tertiary/aromatic N) is 1. The molecular formula is C21H30BrNO2S. The molecule has 2 aliphatic carbocycles. The van der Waals surface area contributed by atoms with Gasteiger partial charge in [-0.05, 0) is 70.1 Å². The van der Waals surface area contributed by atoms with Crippen LogP contribution in [-0.2, 0) is 22.5 Å². The maximum Gasteiger partial charge on any atom is 0.144 e. The molecule has 0 bridgehead atoms. The molecule has 1 saturated carbocycles. The maximum absolute atomic E-state index is 12.9. The SMILES string of the molecule is CC[C@H]1C[C@@]2(CC[C@@H]1OC)Cc1ccc(Br)cc1/C2=N/[S+]([O-])C(C)(C)C. The first kappa shape index (κ1) is 20.4. The Labute approximate surface area is 169 Å². The number of hydrogen-bond acceptors (Lipinski definition) is 3. The second-order valence-electron chi connectivity index (χ2n) is 8.75. The van der Waals surface area contributed by atoms with Crippen LogP contribution < -0.4 is 0 Å². The minimum Gasteiger partial charge on any atom is -0.591 e. The van der Waals surface area contributed by atoms with Crippen molar-refractivity contribution in [1.29, 1.82) is 0 Å². The lowest BCUT2D eigenvalue weighted by atomic mass is 9.65. The van der Waals surface area contributed by atoms with Crippen LogP contribution in [0.5, 0.6) is 0 Å². The number of rotatable bonds is 3. The van der Waals surface area contributed by atoms with E-state index in [1.165, 1.54) is 11.1 Å². The lowest BCUT2D eigenvalue weighted by molar-refractivity contribution is -0.00383. The number of benzene rings is 1. The zero-order valence-corrected chi connectivity index (χ0v) is 18.9. The van der Waals surface area contributed by atoms with E-state index in [2.05, 4.69) is 41.1 Å². The molecule has 0 amide bonds. The predicted octanol–water partition coefficient (Wildman–Crippen LogP) is 5.47. The van der Waals surface area contributed by atoms with Gasteiger partial charge in [0.15, 0.2) is 0 Å². The number of ether oxygens (including phenoxy) is 1. The molecule has 144 valence electrons. The molecule has 3 nitrogen and oxygen atoms in total. The van der Waals surface area contributed by atoms with E-state index in [-0.39, 0.29) is 10.2 Å². The highest BCUT2D eigenvalue weighted by Crippen LogP contribution is 2.51. The van der Waals surface area contributed by atoms with Crippen molar-refractivity contribution in [3.05, 3.63) is 33.8 Å². The highest BCUT2D eigenvalue weighted by molar-refractivity contribution is 9.10. The molecule has 1 aromatic carbocycles. The van der Waals surface area contributed by atoms with E-state index in [1.54, 1.807) is 0 Å². The summed E-state index contributed by atoms with van der Waals surface area (Å²) in [6, 6.07) is 6.47. The second kappa shape index (κ2) is 7.57. The largest absolute Gasteiger partial charge is 0.591 e. The summed E-state index contributed by atoms with van der Waals surface area (Å²) in [5, 5.41) is 0. The van der Waals surface area contributed by atoms with Crippen LogP contribution >= 0.6 is 15.9 Å². The molecule has 4 atom stereocenters. The van der Waals surface area contributed by atoms with Gasteiger partial charge in [0, 0.05) is 22.6 Å². The third-order valence-electron chi connectivity index (χ3n) is 5.97. The van der Waals surface area contributed by atoms with Gasteiger partial charge in [-0.2, -0.15) is 0 Å².